The van der Waals surface area contributed by atoms with Gasteiger partial charge in [-0.25, -0.2) is 8.78 Å². The van der Waals surface area contributed by atoms with Gasteiger partial charge >= 0.3 is 0 Å². The van der Waals surface area contributed by atoms with E-state index in [4.69, 9.17) is 0 Å². The standard InChI is InChI=1S/C14H10Br2F2/c1-8-6-9(2-4-12(8)17)14(16)11-7-10(15)3-5-13(11)18/h2-7,14H,1H3. The molecular formula is C14H10Br2F2. The fraction of sp³-hybridized carbons (Fsp3) is 0.143. The lowest BCUT2D eigenvalue weighted by molar-refractivity contribution is 0.611. The predicted molar refractivity (Wildman–Crippen MR) is 76.0 cm³/mol. The molecule has 0 spiro atoms. The van der Waals surface area contributed by atoms with E-state index in [-0.39, 0.29) is 16.5 Å². The summed E-state index contributed by atoms with van der Waals surface area (Å²) in [6, 6.07) is 9.54. The summed E-state index contributed by atoms with van der Waals surface area (Å²) in [7, 11) is 0. The number of halogens is 4. The molecule has 0 amide bonds. The number of hydrogen-bond acceptors (Lipinski definition) is 0. The molecular weight excluding hydrogens is 366 g/mol. The van der Waals surface area contributed by atoms with Gasteiger partial charge in [-0.15, -0.1) is 0 Å². The van der Waals surface area contributed by atoms with Crippen molar-refractivity contribution in [1.29, 1.82) is 0 Å². The van der Waals surface area contributed by atoms with E-state index in [1.165, 1.54) is 12.1 Å². The van der Waals surface area contributed by atoms with Gasteiger partial charge in [0.1, 0.15) is 11.6 Å². The first-order chi connectivity index (χ1) is 8.49. The minimum atomic E-state index is -0.297. The Morgan fingerprint density at radius 3 is 2.33 bits per heavy atom. The molecule has 0 heterocycles. The summed E-state index contributed by atoms with van der Waals surface area (Å²) in [6.07, 6.45) is 0. The average molecular weight is 376 g/mol. The first kappa shape index (κ1) is 13.7. The summed E-state index contributed by atoms with van der Waals surface area (Å²) in [4.78, 5) is -0.297. The number of rotatable bonds is 2. The van der Waals surface area contributed by atoms with Crippen molar-refractivity contribution in [3.8, 4) is 0 Å². The molecule has 0 saturated heterocycles. The van der Waals surface area contributed by atoms with Gasteiger partial charge in [0, 0.05) is 10.0 Å². The number of hydrogen-bond donors (Lipinski definition) is 0. The van der Waals surface area contributed by atoms with Gasteiger partial charge < -0.3 is 0 Å². The highest BCUT2D eigenvalue weighted by Gasteiger charge is 2.16. The molecule has 18 heavy (non-hydrogen) atoms. The van der Waals surface area contributed by atoms with Crippen LogP contribution >= 0.6 is 31.9 Å². The monoisotopic (exact) mass is 374 g/mol. The summed E-state index contributed by atoms with van der Waals surface area (Å²) < 4.78 is 27.8. The zero-order chi connectivity index (χ0) is 13.3. The van der Waals surface area contributed by atoms with Crippen molar-refractivity contribution in [1.82, 2.24) is 0 Å². The van der Waals surface area contributed by atoms with Gasteiger partial charge in [-0.2, -0.15) is 0 Å². The minimum Gasteiger partial charge on any atom is -0.207 e. The lowest BCUT2D eigenvalue weighted by Crippen LogP contribution is -1.98. The second-order valence-electron chi connectivity index (χ2n) is 4.04. The second kappa shape index (κ2) is 5.49. The first-order valence-electron chi connectivity index (χ1n) is 5.34. The van der Waals surface area contributed by atoms with Gasteiger partial charge in [0.05, 0.1) is 4.83 Å². The molecule has 2 aromatic rings. The molecule has 0 nitrogen and oxygen atoms in total. The fourth-order valence-corrected chi connectivity index (χ4v) is 2.73. The molecule has 2 rings (SSSR count). The molecule has 0 fully saturated rings. The zero-order valence-corrected chi connectivity index (χ0v) is 12.7. The van der Waals surface area contributed by atoms with Crippen LogP contribution < -0.4 is 0 Å². The van der Waals surface area contributed by atoms with Crippen molar-refractivity contribution in [2.75, 3.05) is 0 Å². The molecule has 0 saturated carbocycles. The molecule has 0 radical (unpaired) electrons. The van der Waals surface area contributed by atoms with E-state index in [0.717, 1.165) is 10.0 Å². The zero-order valence-electron chi connectivity index (χ0n) is 9.55. The largest absolute Gasteiger partial charge is 0.207 e. The molecule has 0 aliphatic heterocycles. The van der Waals surface area contributed by atoms with Gasteiger partial charge in [-0.3, -0.25) is 0 Å². The van der Waals surface area contributed by atoms with Crippen LogP contribution in [0.5, 0.6) is 0 Å². The van der Waals surface area contributed by atoms with Crippen molar-refractivity contribution in [2.45, 2.75) is 11.8 Å². The highest BCUT2D eigenvalue weighted by atomic mass is 79.9. The van der Waals surface area contributed by atoms with Crippen LogP contribution in [0.15, 0.2) is 40.9 Å². The summed E-state index contributed by atoms with van der Waals surface area (Å²) in [5.74, 6) is -0.546. The third-order valence-corrected chi connectivity index (χ3v) is 4.22. The molecule has 0 bridgehead atoms. The second-order valence-corrected chi connectivity index (χ2v) is 5.87. The van der Waals surface area contributed by atoms with Gasteiger partial charge in [0.25, 0.3) is 0 Å². The van der Waals surface area contributed by atoms with Crippen LogP contribution in [-0.4, -0.2) is 0 Å². The SMILES string of the molecule is Cc1cc(C(Br)c2cc(Br)ccc2F)ccc1F. The molecule has 2 aromatic carbocycles. The van der Waals surface area contributed by atoms with Gasteiger partial charge in [0.2, 0.25) is 0 Å². The molecule has 0 aliphatic rings. The Balaban J connectivity index is 2.44. The maximum atomic E-state index is 13.8. The first-order valence-corrected chi connectivity index (χ1v) is 7.05. The van der Waals surface area contributed by atoms with Gasteiger partial charge in [0.15, 0.2) is 0 Å². The van der Waals surface area contributed by atoms with Crippen LogP contribution in [0.25, 0.3) is 0 Å². The van der Waals surface area contributed by atoms with E-state index in [9.17, 15) is 8.78 Å². The van der Waals surface area contributed by atoms with Crippen LogP contribution in [0.4, 0.5) is 8.78 Å². The topological polar surface area (TPSA) is 0 Å². The third kappa shape index (κ3) is 2.81. The van der Waals surface area contributed by atoms with E-state index in [0.29, 0.717) is 11.1 Å². The van der Waals surface area contributed by atoms with E-state index in [1.54, 1.807) is 31.2 Å². The Labute approximate surface area is 121 Å². The smallest absolute Gasteiger partial charge is 0.127 e. The summed E-state index contributed by atoms with van der Waals surface area (Å²) in [6.45, 7) is 1.69. The lowest BCUT2D eigenvalue weighted by atomic mass is 10.0. The van der Waals surface area contributed by atoms with E-state index in [1.807, 2.05) is 0 Å². The Hall–Kier alpha value is -0.740. The molecule has 1 unspecified atom stereocenters. The number of alkyl halides is 1. The molecule has 4 heteroatoms. The Kier molecular flexibility index (Phi) is 4.17. The minimum absolute atomic E-state index is 0.256. The van der Waals surface area contributed by atoms with Gasteiger partial charge in [-0.1, -0.05) is 44.0 Å². The van der Waals surface area contributed by atoms with Crippen molar-refractivity contribution >= 4 is 31.9 Å². The van der Waals surface area contributed by atoms with Crippen LogP contribution in [-0.2, 0) is 0 Å². The number of benzene rings is 2. The molecule has 0 N–H and O–H groups in total. The van der Waals surface area contributed by atoms with Crippen LogP contribution in [0.2, 0.25) is 0 Å². The average Bonchev–Trinajstić information content (AvgIpc) is 2.35. The Bertz CT molecular complexity index is 582. The Morgan fingerprint density at radius 2 is 1.67 bits per heavy atom. The van der Waals surface area contributed by atoms with Crippen LogP contribution in [0.3, 0.4) is 0 Å². The van der Waals surface area contributed by atoms with E-state index < -0.39 is 0 Å². The van der Waals surface area contributed by atoms with E-state index >= 15 is 0 Å². The Morgan fingerprint density at radius 1 is 1.00 bits per heavy atom. The summed E-state index contributed by atoms with van der Waals surface area (Å²) in [5, 5.41) is 0. The maximum Gasteiger partial charge on any atom is 0.127 e. The van der Waals surface area contributed by atoms with Crippen LogP contribution in [0, 0.1) is 18.6 Å². The summed E-state index contributed by atoms with van der Waals surface area (Å²) >= 11 is 6.77. The molecule has 0 aromatic heterocycles. The lowest BCUT2D eigenvalue weighted by Gasteiger charge is -2.13. The van der Waals surface area contributed by atoms with E-state index in [2.05, 4.69) is 31.9 Å². The quantitative estimate of drug-likeness (QED) is 0.606. The molecule has 1 atom stereocenters. The predicted octanol–water partition coefficient (Wildman–Crippen LogP) is 5.52. The fourth-order valence-electron chi connectivity index (χ4n) is 1.71. The van der Waals surface area contributed by atoms with Crippen molar-refractivity contribution in [2.24, 2.45) is 0 Å². The molecule has 94 valence electrons. The number of aryl methyl sites for hydroxylation is 1. The highest BCUT2D eigenvalue weighted by Crippen LogP contribution is 2.34. The third-order valence-electron chi connectivity index (χ3n) is 2.71. The normalized spacial score (nSPS) is 12.5. The van der Waals surface area contributed by atoms with Crippen molar-refractivity contribution in [3.05, 3.63) is 69.2 Å². The highest BCUT2D eigenvalue weighted by molar-refractivity contribution is 9.10. The molecule has 0 aliphatic carbocycles. The maximum absolute atomic E-state index is 13.8. The van der Waals surface area contributed by atoms with Crippen molar-refractivity contribution < 1.29 is 8.78 Å². The van der Waals surface area contributed by atoms with Crippen LogP contribution in [0.1, 0.15) is 21.5 Å². The van der Waals surface area contributed by atoms with Crippen molar-refractivity contribution in [3.63, 3.8) is 0 Å². The summed E-state index contributed by atoms with van der Waals surface area (Å²) in [5.41, 5.74) is 1.90. The van der Waals surface area contributed by atoms with Gasteiger partial charge in [-0.05, 0) is 42.3 Å².